The number of ether oxygens (including phenoxy) is 1. The van der Waals surface area contributed by atoms with Crippen molar-refractivity contribution < 1.29 is 23.0 Å². The molecule has 0 fully saturated rings. The first-order valence-corrected chi connectivity index (χ1v) is 20.4. The highest BCUT2D eigenvalue weighted by Crippen LogP contribution is 2.34. The Labute approximate surface area is 354 Å². The Morgan fingerprint density at radius 1 is 0.933 bits per heavy atom. The molecule has 60 heavy (non-hydrogen) atoms. The van der Waals surface area contributed by atoms with Crippen molar-refractivity contribution in [1.29, 1.82) is 0 Å². The van der Waals surface area contributed by atoms with Crippen LogP contribution in [0.4, 0.5) is 37.1 Å². The molecule has 0 bridgehead atoms. The Morgan fingerprint density at radius 2 is 1.63 bits per heavy atom. The normalized spacial score (nSPS) is 13.1. The van der Waals surface area contributed by atoms with Gasteiger partial charge in [0, 0.05) is 65.4 Å². The number of ketones is 1. The topological polar surface area (TPSA) is 150 Å². The van der Waals surface area contributed by atoms with Crippen molar-refractivity contribution in [2.45, 2.75) is 40.5 Å². The van der Waals surface area contributed by atoms with Gasteiger partial charge in [-0.3, -0.25) is 23.2 Å². The van der Waals surface area contributed by atoms with Gasteiger partial charge in [0.1, 0.15) is 5.78 Å². The molecule has 311 valence electrons. The predicted octanol–water partition coefficient (Wildman–Crippen LogP) is 10.3. The lowest BCUT2D eigenvalue weighted by Crippen LogP contribution is -2.28. The summed E-state index contributed by atoms with van der Waals surface area (Å²) >= 11 is 1.63. The minimum atomic E-state index is -1.00. The number of allylic oxidation sites excluding steroid dienone is 3. The number of nitrogen functional groups attached to an aromatic ring is 1. The zero-order chi connectivity index (χ0) is 43.0. The van der Waals surface area contributed by atoms with Crippen LogP contribution < -0.4 is 21.3 Å². The van der Waals surface area contributed by atoms with Crippen LogP contribution in [0.3, 0.4) is 0 Å². The maximum Gasteiger partial charge on any atom is 0.577 e. The lowest BCUT2D eigenvalue weighted by molar-refractivity contribution is -0.118. The number of thiophene rings is 1. The third-order valence-electron chi connectivity index (χ3n) is 9.60. The van der Waals surface area contributed by atoms with Gasteiger partial charge in [0.2, 0.25) is 0 Å². The van der Waals surface area contributed by atoms with Crippen molar-refractivity contribution in [3.05, 3.63) is 130 Å². The zero-order valence-electron chi connectivity index (χ0n) is 34.5. The van der Waals surface area contributed by atoms with Gasteiger partial charge >= 0.3 is 7.83 Å². The van der Waals surface area contributed by atoms with Crippen LogP contribution in [0.25, 0.3) is 16.0 Å². The van der Waals surface area contributed by atoms with Crippen LogP contribution in [-0.2, 0) is 9.53 Å². The predicted molar refractivity (Wildman–Crippen MR) is 242 cm³/mol. The van der Waals surface area contributed by atoms with Crippen molar-refractivity contribution in [3.63, 3.8) is 0 Å². The molecule has 1 amide bonds. The number of Topliss-reactive ketones (excluding diaryl/α,β-unsaturated/α-hetero) is 1. The molecule has 11 nitrogen and oxygen atoms in total. The fourth-order valence-corrected chi connectivity index (χ4v) is 7.29. The van der Waals surface area contributed by atoms with Gasteiger partial charge in [-0.2, -0.15) is 10.2 Å². The van der Waals surface area contributed by atoms with Crippen LogP contribution in [-0.4, -0.2) is 70.1 Å². The Bertz CT molecular complexity index is 2340. The number of hydrogen-bond donors (Lipinski definition) is 4. The van der Waals surface area contributed by atoms with Gasteiger partial charge in [0.15, 0.2) is 0 Å². The lowest BCUT2D eigenvalue weighted by atomic mass is 9.98. The lowest BCUT2D eigenvalue weighted by Gasteiger charge is -2.19. The molecule has 0 atom stereocenters. The Kier molecular flexibility index (Phi) is 16.8. The molecule has 1 aliphatic rings. The van der Waals surface area contributed by atoms with E-state index >= 15 is 0 Å². The number of carbonyl (C=O) groups is 2. The van der Waals surface area contributed by atoms with Crippen molar-refractivity contribution in [1.82, 2.24) is 10.3 Å². The minimum absolute atomic E-state index is 0.161. The second-order valence-corrected chi connectivity index (χ2v) is 15.2. The molecule has 0 saturated carbocycles. The number of nitrogens with one attached hydrogen (secondary N) is 3. The van der Waals surface area contributed by atoms with E-state index < -0.39 is 7.83 Å². The molecule has 0 saturated heterocycles. The molecule has 0 spiro atoms. The number of hydrogen-bond acceptors (Lipinski definition) is 10. The van der Waals surface area contributed by atoms with E-state index in [0.29, 0.717) is 74.0 Å². The molecule has 0 unspecified atom stereocenters. The average molecular weight is 832 g/mol. The number of rotatable bonds is 18. The Morgan fingerprint density at radius 3 is 2.25 bits per heavy atom. The number of carbonyl (C=O) groups excluding carboxylic acids is 2. The van der Waals surface area contributed by atoms with Gasteiger partial charge in [-0.15, -0.1) is 11.3 Å². The van der Waals surface area contributed by atoms with E-state index in [-0.39, 0.29) is 11.7 Å². The molecule has 1 radical (unpaired) electrons. The number of aromatic amines is 1. The van der Waals surface area contributed by atoms with Gasteiger partial charge in [0.25, 0.3) is 5.91 Å². The number of anilines is 3. The molecule has 6 rings (SSSR count). The number of aromatic nitrogens is 1. The number of azo groups is 1. The molecular formula is C45H50BF2N8O3S. The summed E-state index contributed by atoms with van der Waals surface area (Å²) in [7, 11) is 1.01. The van der Waals surface area contributed by atoms with Crippen LogP contribution in [0, 0.1) is 13.8 Å². The quantitative estimate of drug-likeness (QED) is 0.0299. The molecule has 3 aromatic carbocycles. The fourth-order valence-electron chi connectivity index (χ4n) is 6.57. The first-order chi connectivity index (χ1) is 28.9. The molecule has 5 aromatic rings. The molecule has 1 aliphatic heterocycles. The summed E-state index contributed by atoms with van der Waals surface area (Å²) in [4.78, 5) is 37.2. The largest absolute Gasteiger partial charge is 0.577 e. The number of nitrogens with two attached hydrogens (primary N) is 1. The molecule has 15 heteroatoms. The maximum atomic E-state index is 13.0. The third kappa shape index (κ3) is 13.0. The number of aryl methyl sites for hydroxylation is 2. The summed E-state index contributed by atoms with van der Waals surface area (Å²) in [5.41, 5.74) is 18.6. The van der Waals surface area contributed by atoms with Gasteiger partial charge < -0.3 is 31.0 Å². The zero-order valence-corrected chi connectivity index (χ0v) is 35.3. The van der Waals surface area contributed by atoms with E-state index in [2.05, 4.69) is 56.7 Å². The van der Waals surface area contributed by atoms with E-state index in [1.165, 1.54) is 5.56 Å². The summed E-state index contributed by atoms with van der Waals surface area (Å²) < 4.78 is 24.8. The maximum absolute atomic E-state index is 13.0. The van der Waals surface area contributed by atoms with Gasteiger partial charge in [-0.05, 0) is 135 Å². The van der Waals surface area contributed by atoms with E-state index in [4.69, 9.17) is 15.5 Å². The SMILES string of the molecule is CC1=CC(C)=N/C1=C(/CCC(=O)CNCCOCCN(C)c1ccc(N=Nc2ccc(C(=O)Nc3cc(-c4cccs4)ccc3N)cc2)cc1)c1[nH]c(C)cc1C.F[B]F. The summed E-state index contributed by atoms with van der Waals surface area (Å²) in [6, 6.07) is 26.5. The average Bonchev–Trinajstić information content (AvgIpc) is 3.98. The smallest absolute Gasteiger partial charge is 0.397 e. The second-order valence-electron chi connectivity index (χ2n) is 14.2. The molecule has 5 N–H and O–H groups in total. The highest BCUT2D eigenvalue weighted by atomic mass is 32.1. The van der Waals surface area contributed by atoms with Crippen LogP contribution in [0.15, 0.2) is 123 Å². The third-order valence-corrected chi connectivity index (χ3v) is 10.5. The van der Waals surface area contributed by atoms with E-state index in [9.17, 15) is 18.2 Å². The highest BCUT2D eigenvalue weighted by Gasteiger charge is 2.19. The van der Waals surface area contributed by atoms with Crippen molar-refractivity contribution in [2.24, 2.45) is 15.2 Å². The Balaban J connectivity index is 0.00000221. The van der Waals surface area contributed by atoms with Crippen LogP contribution >= 0.6 is 11.3 Å². The Hall–Kier alpha value is -6.03. The first-order valence-electron chi connectivity index (χ1n) is 19.5. The highest BCUT2D eigenvalue weighted by molar-refractivity contribution is 7.13. The molecule has 0 aliphatic carbocycles. The number of halogens is 2. The monoisotopic (exact) mass is 831 g/mol. The minimum Gasteiger partial charge on any atom is -0.397 e. The molecule has 2 aromatic heterocycles. The van der Waals surface area contributed by atoms with E-state index in [0.717, 1.165) is 50.1 Å². The fraction of sp³-hybridized carbons (Fsp3) is 0.267. The number of H-pyrrole nitrogens is 1. The number of nitrogens with zero attached hydrogens (tertiary/aromatic N) is 4. The summed E-state index contributed by atoms with van der Waals surface area (Å²) in [5.74, 6) is -0.0956. The number of benzene rings is 3. The van der Waals surface area contributed by atoms with Crippen molar-refractivity contribution in [2.75, 3.05) is 55.8 Å². The summed E-state index contributed by atoms with van der Waals surface area (Å²) in [5, 5.41) is 16.9. The van der Waals surface area contributed by atoms with Crippen molar-refractivity contribution >= 4 is 70.6 Å². The van der Waals surface area contributed by atoms with Crippen LogP contribution in [0.5, 0.6) is 0 Å². The van der Waals surface area contributed by atoms with E-state index in [1.54, 1.807) is 41.7 Å². The number of likely N-dealkylation sites (N-methyl/N-ethyl adjacent to an activating group) is 1. The second kappa shape index (κ2) is 22.4. The van der Waals surface area contributed by atoms with Gasteiger partial charge in [-0.25, -0.2) is 0 Å². The van der Waals surface area contributed by atoms with Gasteiger partial charge in [0.05, 0.1) is 48.2 Å². The van der Waals surface area contributed by atoms with Crippen molar-refractivity contribution in [3.8, 4) is 10.4 Å². The summed E-state index contributed by atoms with van der Waals surface area (Å²) in [6.45, 7) is 10.9. The molecular weight excluding hydrogens is 781 g/mol. The van der Waals surface area contributed by atoms with Crippen LogP contribution in [0.1, 0.15) is 54.0 Å². The number of aliphatic imine (C=N–C) groups is 1. The van der Waals surface area contributed by atoms with E-state index in [1.807, 2.05) is 74.8 Å². The standard InChI is InChI=1S/C45H50N8O3S.BF2/c1-29-25-31(3)48-43(29)39(44-30(2)26-32(4)49-44)18-17-38(54)28-47-20-22-56-23-21-53(5)37-15-13-36(14-16-37)52-51-35-11-8-33(9-12-35)45(55)50-41-27-34(10-19-40(41)46)42-7-6-24-57-42;2-1-3/h6-16,19,24-27,47-48H,17-18,20-23,28,46H2,1-5H3,(H,50,55);/b44-39-,52-51?;. The van der Waals surface area contributed by atoms with Crippen LogP contribution in [0.2, 0.25) is 0 Å². The molecule has 3 heterocycles. The number of amides is 1. The summed E-state index contributed by atoms with van der Waals surface area (Å²) in [6.07, 6.45) is 3.16. The van der Waals surface area contributed by atoms with Gasteiger partial charge in [-0.1, -0.05) is 12.1 Å². The first kappa shape index (κ1) is 45.1.